The first kappa shape index (κ1) is 22.8. The van der Waals surface area contributed by atoms with Crippen LogP contribution in [0.25, 0.3) is 11.0 Å². The van der Waals surface area contributed by atoms with Gasteiger partial charge in [0.15, 0.2) is 5.65 Å². The Morgan fingerprint density at radius 3 is 2.65 bits per heavy atom. The number of nitrogens with one attached hydrogen (secondary N) is 1. The zero-order valence-corrected chi connectivity index (χ0v) is 19.0. The predicted octanol–water partition coefficient (Wildman–Crippen LogP) is 3.05. The number of hydroxylamine groups is 2. The number of hydrogen-bond acceptors (Lipinski definition) is 6. The van der Waals surface area contributed by atoms with Gasteiger partial charge in [0.2, 0.25) is 0 Å². The third-order valence-corrected chi connectivity index (χ3v) is 5.95. The molecule has 2 aromatic rings. The molecule has 1 aliphatic rings. The normalized spacial score (nSPS) is 19.5. The second-order valence-electron chi connectivity index (χ2n) is 8.95. The third kappa shape index (κ3) is 4.43. The zero-order chi connectivity index (χ0) is 22.9. The summed E-state index contributed by atoms with van der Waals surface area (Å²) < 4.78 is 1.78. The number of carbonyl (C=O) groups excluding carboxylic acids is 1. The van der Waals surface area contributed by atoms with Gasteiger partial charge in [0.05, 0.1) is 29.9 Å². The Labute approximate surface area is 182 Å². The lowest BCUT2D eigenvalue weighted by Crippen LogP contribution is -2.54. The molecule has 0 spiro atoms. The molecule has 31 heavy (non-hydrogen) atoms. The van der Waals surface area contributed by atoms with Gasteiger partial charge in [0.1, 0.15) is 0 Å². The van der Waals surface area contributed by atoms with E-state index < -0.39 is 6.09 Å². The minimum atomic E-state index is -0.897. The first-order chi connectivity index (χ1) is 14.6. The maximum atomic E-state index is 12.9. The number of nitrogens with zero attached hydrogens (tertiary/aromatic N) is 5. The summed E-state index contributed by atoms with van der Waals surface area (Å²) in [6.07, 6.45) is 3.63. The van der Waals surface area contributed by atoms with Gasteiger partial charge < -0.3 is 15.3 Å². The van der Waals surface area contributed by atoms with Crippen molar-refractivity contribution in [2.24, 2.45) is 5.41 Å². The lowest BCUT2D eigenvalue weighted by Gasteiger charge is -2.45. The van der Waals surface area contributed by atoms with E-state index in [0.29, 0.717) is 42.8 Å². The van der Waals surface area contributed by atoms with Crippen LogP contribution < -0.4 is 5.32 Å². The Morgan fingerprint density at radius 2 is 2.06 bits per heavy atom. The van der Waals surface area contributed by atoms with Gasteiger partial charge in [0, 0.05) is 38.4 Å². The molecule has 10 nitrogen and oxygen atoms in total. The van der Waals surface area contributed by atoms with Gasteiger partial charge in [-0.2, -0.15) is 5.10 Å². The van der Waals surface area contributed by atoms with Crippen molar-refractivity contribution in [2.45, 2.75) is 59.2 Å². The van der Waals surface area contributed by atoms with E-state index >= 15 is 0 Å². The molecular weight excluding hydrogens is 400 g/mol. The van der Waals surface area contributed by atoms with Crippen LogP contribution in [0, 0.1) is 5.41 Å². The van der Waals surface area contributed by atoms with Crippen LogP contribution in [0.3, 0.4) is 0 Å². The number of aromatic nitrogens is 3. The largest absolute Gasteiger partial charge is 0.465 e. The fourth-order valence-electron chi connectivity index (χ4n) is 4.18. The van der Waals surface area contributed by atoms with E-state index in [0.717, 1.165) is 10.4 Å². The number of carboxylic acid groups (broad SMARTS) is 1. The van der Waals surface area contributed by atoms with Gasteiger partial charge in [-0.1, -0.05) is 20.8 Å². The number of hydrogen-bond donors (Lipinski definition) is 2. The van der Waals surface area contributed by atoms with Crippen LogP contribution in [0.5, 0.6) is 0 Å². The van der Waals surface area contributed by atoms with Crippen molar-refractivity contribution >= 4 is 28.7 Å². The van der Waals surface area contributed by atoms with Crippen molar-refractivity contribution in [3.63, 3.8) is 0 Å². The molecule has 0 aliphatic carbocycles. The highest BCUT2D eigenvalue weighted by Gasteiger charge is 2.39. The molecule has 1 aliphatic heterocycles. The van der Waals surface area contributed by atoms with Crippen LogP contribution in [0.1, 0.15) is 50.9 Å². The summed E-state index contributed by atoms with van der Waals surface area (Å²) in [6.45, 7) is 9.22. The van der Waals surface area contributed by atoms with Crippen molar-refractivity contribution in [3.8, 4) is 0 Å². The van der Waals surface area contributed by atoms with E-state index in [2.05, 4.69) is 36.2 Å². The second-order valence-corrected chi connectivity index (χ2v) is 8.95. The number of carbonyl (C=O) groups is 2. The molecule has 2 unspecified atom stereocenters. The molecule has 1 fully saturated rings. The molecule has 2 atom stereocenters. The first-order valence-electron chi connectivity index (χ1n) is 10.5. The van der Waals surface area contributed by atoms with Gasteiger partial charge in [-0.05, 0) is 25.2 Å². The van der Waals surface area contributed by atoms with Crippen molar-refractivity contribution in [2.75, 3.05) is 26.0 Å². The van der Waals surface area contributed by atoms with E-state index in [1.807, 2.05) is 6.92 Å². The molecule has 2 aromatic heterocycles. The van der Waals surface area contributed by atoms with Gasteiger partial charge in [-0.25, -0.2) is 19.5 Å². The molecule has 2 amide bonds. The Morgan fingerprint density at radius 1 is 1.35 bits per heavy atom. The molecule has 0 bridgehead atoms. The molecule has 0 radical (unpaired) electrons. The number of aryl methyl sites for hydroxylation is 1. The topological polar surface area (TPSA) is 113 Å². The van der Waals surface area contributed by atoms with E-state index in [-0.39, 0.29) is 23.4 Å². The summed E-state index contributed by atoms with van der Waals surface area (Å²) in [7, 11) is 2.98. The maximum absolute atomic E-state index is 12.9. The van der Waals surface area contributed by atoms with Crippen molar-refractivity contribution < 1.29 is 19.5 Å². The van der Waals surface area contributed by atoms with Crippen LogP contribution in [-0.4, -0.2) is 74.6 Å². The summed E-state index contributed by atoms with van der Waals surface area (Å²) in [5, 5.41) is 19.5. The molecule has 170 valence electrons. The standard InChI is InChI=1S/C21H32N6O4/c1-7-27-18-14(12-23-27)17(15(11-22-18)19(28)25(5)31-6)24-13-8-9-26(20(29)30)16(10-13)21(2,3)4/h11-13,16H,7-10H2,1-6H3,(H,22,24)(H,29,30). The SMILES string of the molecule is CCn1ncc2c(NC3CCN(C(=O)O)C(C(C)(C)C)C3)c(C(=O)N(C)OC)cnc21. The molecule has 1 saturated heterocycles. The average Bonchev–Trinajstić information content (AvgIpc) is 3.15. The van der Waals surface area contributed by atoms with Crippen LogP contribution in [0.2, 0.25) is 0 Å². The molecule has 3 rings (SSSR count). The van der Waals surface area contributed by atoms with Crippen molar-refractivity contribution in [1.82, 2.24) is 24.7 Å². The fourth-order valence-corrected chi connectivity index (χ4v) is 4.18. The maximum Gasteiger partial charge on any atom is 0.407 e. The zero-order valence-electron chi connectivity index (χ0n) is 19.0. The van der Waals surface area contributed by atoms with Gasteiger partial charge >= 0.3 is 6.09 Å². The highest BCUT2D eigenvalue weighted by atomic mass is 16.7. The molecule has 2 N–H and O–H groups in total. The van der Waals surface area contributed by atoms with Crippen molar-refractivity contribution in [3.05, 3.63) is 18.0 Å². The van der Waals surface area contributed by atoms with Crippen LogP contribution in [0.4, 0.5) is 10.5 Å². The molecule has 3 heterocycles. The van der Waals surface area contributed by atoms with Gasteiger partial charge in [0.25, 0.3) is 5.91 Å². The van der Waals surface area contributed by atoms with E-state index in [1.54, 1.807) is 24.1 Å². The molecule has 0 aromatic carbocycles. The smallest absolute Gasteiger partial charge is 0.407 e. The number of fused-ring (bicyclic) bond motifs is 1. The summed E-state index contributed by atoms with van der Waals surface area (Å²) in [5.74, 6) is -0.320. The van der Waals surface area contributed by atoms with E-state index in [4.69, 9.17) is 4.84 Å². The molecular formula is C21H32N6O4. The number of anilines is 1. The quantitative estimate of drug-likeness (QED) is 0.698. The lowest BCUT2D eigenvalue weighted by atomic mass is 9.79. The van der Waals surface area contributed by atoms with Gasteiger partial charge in [-0.3, -0.25) is 9.63 Å². The number of amides is 2. The molecule has 0 saturated carbocycles. The Kier molecular flexibility index (Phi) is 6.40. The van der Waals surface area contributed by atoms with Gasteiger partial charge in [-0.15, -0.1) is 0 Å². The monoisotopic (exact) mass is 432 g/mol. The minimum absolute atomic E-state index is 0.00481. The third-order valence-electron chi connectivity index (χ3n) is 5.95. The average molecular weight is 433 g/mol. The Bertz CT molecular complexity index is 967. The molecule has 10 heteroatoms. The number of piperidine rings is 1. The minimum Gasteiger partial charge on any atom is -0.465 e. The summed E-state index contributed by atoms with van der Waals surface area (Å²) in [4.78, 5) is 35.8. The fraction of sp³-hybridized carbons (Fsp3) is 0.619. The first-order valence-corrected chi connectivity index (χ1v) is 10.5. The van der Waals surface area contributed by atoms with Crippen LogP contribution >= 0.6 is 0 Å². The summed E-state index contributed by atoms with van der Waals surface area (Å²) in [5.41, 5.74) is 1.52. The van der Waals surface area contributed by atoms with Crippen molar-refractivity contribution in [1.29, 1.82) is 0 Å². The van der Waals surface area contributed by atoms with Crippen LogP contribution in [-0.2, 0) is 11.4 Å². The highest BCUT2D eigenvalue weighted by Crippen LogP contribution is 2.35. The van der Waals surface area contributed by atoms with E-state index in [9.17, 15) is 14.7 Å². The van der Waals surface area contributed by atoms with Crippen LogP contribution in [0.15, 0.2) is 12.4 Å². The number of rotatable bonds is 5. The lowest BCUT2D eigenvalue weighted by molar-refractivity contribution is -0.0756. The highest BCUT2D eigenvalue weighted by molar-refractivity contribution is 6.06. The van der Waals surface area contributed by atoms with E-state index in [1.165, 1.54) is 12.0 Å². The number of likely N-dealkylation sites (tertiary alicyclic amines) is 1. The summed E-state index contributed by atoms with van der Waals surface area (Å²) >= 11 is 0. The summed E-state index contributed by atoms with van der Waals surface area (Å²) in [6, 6.07) is -0.150. The predicted molar refractivity (Wildman–Crippen MR) is 117 cm³/mol. The number of pyridine rings is 1. The second kappa shape index (κ2) is 8.70. The Balaban J connectivity index is 2.00. The Hall–Kier alpha value is -2.88.